The van der Waals surface area contributed by atoms with Crippen molar-refractivity contribution in [1.29, 1.82) is 0 Å². The van der Waals surface area contributed by atoms with E-state index in [0.29, 0.717) is 29.9 Å². The molecule has 0 bridgehead atoms. The van der Waals surface area contributed by atoms with Gasteiger partial charge in [-0.1, -0.05) is 5.16 Å². The summed E-state index contributed by atoms with van der Waals surface area (Å²) in [4.78, 5) is 13.5. The maximum atomic E-state index is 13.9. The number of rotatable bonds is 2. The van der Waals surface area contributed by atoms with Crippen molar-refractivity contribution >= 4 is 0 Å². The van der Waals surface area contributed by atoms with Gasteiger partial charge in [-0.15, -0.1) is 0 Å². The SMILES string of the molecule is Fc1ccc2c(c1)-c1nccn1Cc1c(-c3noc(C4CC4)n3)ncn1-2. The van der Waals surface area contributed by atoms with Crippen LogP contribution in [0.1, 0.15) is 30.3 Å². The summed E-state index contributed by atoms with van der Waals surface area (Å²) < 4.78 is 23.2. The Hall–Kier alpha value is -3.29. The van der Waals surface area contributed by atoms with Crippen LogP contribution in [0.2, 0.25) is 0 Å². The summed E-state index contributed by atoms with van der Waals surface area (Å²) in [5, 5.41) is 4.13. The van der Waals surface area contributed by atoms with Gasteiger partial charge in [-0.25, -0.2) is 14.4 Å². The van der Waals surface area contributed by atoms with E-state index in [-0.39, 0.29) is 5.82 Å². The molecular formula is C18H13FN6O. The van der Waals surface area contributed by atoms with Crippen molar-refractivity contribution < 1.29 is 8.91 Å². The Morgan fingerprint density at radius 3 is 3.00 bits per heavy atom. The van der Waals surface area contributed by atoms with E-state index in [1.54, 1.807) is 18.6 Å². The third-order valence-corrected chi connectivity index (χ3v) is 4.94. The molecule has 8 heteroatoms. The van der Waals surface area contributed by atoms with Gasteiger partial charge in [-0.05, 0) is 31.0 Å². The van der Waals surface area contributed by atoms with Gasteiger partial charge < -0.3 is 9.09 Å². The highest BCUT2D eigenvalue weighted by Crippen LogP contribution is 2.40. The van der Waals surface area contributed by atoms with Crippen LogP contribution in [0, 0.1) is 5.82 Å². The molecule has 1 aromatic carbocycles. The van der Waals surface area contributed by atoms with Crippen molar-refractivity contribution in [2.75, 3.05) is 0 Å². The lowest BCUT2D eigenvalue weighted by Crippen LogP contribution is -2.03. The second-order valence-electron chi connectivity index (χ2n) is 6.68. The van der Waals surface area contributed by atoms with Gasteiger partial charge >= 0.3 is 0 Å². The quantitative estimate of drug-likeness (QED) is 0.490. The summed E-state index contributed by atoms with van der Waals surface area (Å²) in [6, 6.07) is 4.69. The molecule has 0 saturated heterocycles. The van der Waals surface area contributed by atoms with Crippen LogP contribution in [0.4, 0.5) is 4.39 Å². The molecule has 0 unspecified atom stereocenters. The highest BCUT2D eigenvalue weighted by atomic mass is 19.1. The molecule has 1 fully saturated rings. The molecule has 6 rings (SSSR count). The number of fused-ring (bicyclic) bond motifs is 5. The van der Waals surface area contributed by atoms with Crippen molar-refractivity contribution in [2.24, 2.45) is 0 Å². The largest absolute Gasteiger partial charge is 0.339 e. The molecular weight excluding hydrogens is 335 g/mol. The lowest BCUT2D eigenvalue weighted by atomic mass is 10.1. The summed E-state index contributed by atoms with van der Waals surface area (Å²) in [5.41, 5.74) is 3.15. The topological polar surface area (TPSA) is 74.6 Å². The van der Waals surface area contributed by atoms with Crippen LogP contribution >= 0.6 is 0 Å². The third-order valence-electron chi connectivity index (χ3n) is 4.94. The molecule has 1 saturated carbocycles. The minimum Gasteiger partial charge on any atom is -0.339 e. The molecule has 0 spiro atoms. The van der Waals surface area contributed by atoms with Crippen LogP contribution in [0.15, 0.2) is 41.4 Å². The van der Waals surface area contributed by atoms with Gasteiger partial charge in [0, 0.05) is 23.9 Å². The molecule has 0 N–H and O–H groups in total. The van der Waals surface area contributed by atoms with Gasteiger partial charge in [0.1, 0.15) is 23.7 Å². The molecule has 128 valence electrons. The monoisotopic (exact) mass is 348 g/mol. The van der Waals surface area contributed by atoms with Gasteiger partial charge in [-0.2, -0.15) is 4.98 Å². The van der Waals surface area contributed by atoms with Gasteiger partial charge in [0.25, 0.3) is 0 Å². The zero-order valence-corrected chi connectivity index (χ0v) is 13.6. The normalized spacial score (nSPS) is 15.3. The van der Waals surface area contributed by atoms with Gasteiger partial charge in [-0.3, -0.25) is 4.57 Å². The van der Waals surface area contributed by atoms with Crippen LogP contribution in [0.5, 0.6) is 0 Å². The van der Waals surface area contributed by atoms with E-state index in [4.69, 9.17) is 4.52 Å². The van der Waals surface area contributed by atoms with Crippen molar-refractivity contribution in [2.45, 2.75) is 25.3 Å². The van der Waals surface area contributed by atoms with Crippen molar-refractivity contribution in [1.82, 2.24) is 29.2 Å². The smallest absolute Gasteiger partial charge is 0.230 e. The van der Waals surface area contributed by atoms with Gasteiger partial charge in [0.05, 0.1) is 17.9 Å². The molecule has 4 aromatic rings. The fourth-order valence-corrected chi connectivity index (χ4v) is 3.49. The highest BCUT2D eigenvalue weighted by Gasteiger charge is 2.31. The number of hydrogen-bond donors (Lipinski definition) is 0. The molecule has 7 nitrogen and oxygen atoms in total. The Kier molecular flexibility index (Phi) is 2.61. The summed E-state index contributed by atoms with van der Waals surface area (Å²) in [6.07, 6.45) is 7.51. The molecule has 1 aliphatic heterocycles. The minimum absolute atomic E-state index is 0.297. The molecule has 0 amide bonds. The lowest BCUT2D eigenvalue weighted by Gasteiger charge is -2.08. The number of benzene rings is 1. The van der Waals surface area contributed by atoms with E-state index in [1.807, 2.05) is 15.3 Å². The predicted molar refractivity (Wildman–Crippen MR) is 89.1 cm³/mol. The summed E-state index contributed by atoms with van der Waals surface area (Å²) in [7, 11) is 0. The first-order valence-corrected chi connectivity index (χ1v) is 8.49. The summed E-state index contributed by atoms with van der Waals surface area (Å²) in [6.45, 7) is 0.536. The van der Waals surface area contributed by atoms with Crippen LogP contribution in [0.3, 0.4) is 0 Å². The second kappa shape index (κ2) is 4.87. The molecule has 26 heavy (non-hydrogen) atoms. The third kappa shape index (κ3) is 1.92. The number of imidazole rings is 2. The second-order valence-corrected chi connectivity index (χ2v) is 6.68. The number of nitrogens with zero attached hydrogens (tertiary/aromatic N) is 6. The maximum absolute atomic E-state index is 13.9. The van der Waals surface area contributed by atoms with Crippen molar-refractivity contribution in [3.8, 4) is 28.6 Å². The summed E-state index contributed by atoms with van der Waals surface area (Å²) in [5.74, 6) is 1.99. The van der Waals surface area contributed by atoms with Crippen molar-refractivity contribution in [3.63, 3.8) is 0 Å². The van der Waals surface area contributed by atoms with Crippen LogP contribution in [0.25, 0.3) is 28.6 Å². The Morgan fingerprint density at radius 2 is 2.12 bits per heavy atom. The Morgan fingerprint density at radius 1 is 1.19 bits per heavy atom. The van der Waals surface area contributed by atoms with Gasteiger partial charge in [0.15, 0.2) is 0 Å². The van der Waals surface area contributed by atoms with Crippen LogP contribution in [-0.4, -0.2) is 29.2 Å². The average molecular weight is 348 g/mol. The standard InChI is InChI=1S/C18H13FN6O/c19-11-3-4-13-12(7-11)17-20-5-6-24(17)8-14-15(21-9-25(13)14)16-22-18(26-23-16)10-1-2-10/h3-7,9-10H,1-2,8H2. The molecule has 2 aliphatic rings. The van der Waals surface area contributed by atoms with E-state index in [2.05, 4.69) is 20.1 Å². The van der Waals surface area contributed by atoms with E-state index in [0.717, 1.165) is 35.6 Å². The predicted octanol–water partition coefficient (Wildman–Crippen LogP) is 3.16. The molecule has 4 heterocycles. The fraction of sp³-hybridized carbons (Fsp3) is 0.222. The first kappa shape index (κ1) is 13.9. The molecule has 0 radical (unpaired) electrons. The summed E-state index contributed by atoms with van der Waals surface area (Å²) >= 11 is 0. The van der Waals surface area contributed by atoms with Crippen LogP contribution < -0.4 is 0 Å². The lowest BCUT2D eigenvalue weighted by molar-refractivity contribution is 0.380. The fourth-order valence-electron chi connectivity index (χ4n) is 3.49. The Labute approximate surface area is 147 Å². The number of hydrogen-bond acceptors (Lipinski definition) is 5. The highest BCUT2D eigenvalue weighted by molar-refractivity contribution is 5.71. The van der Waals surface area contributed by atoms with E-state index in [9.17, 15) is 4.39 Å². The Balaban J connectivity index is 1.57. The van der Waals surface area contributed by atoms with Crippen LogP contribution in [-0.2, 0) is 6.54 Å². The van der Waals surface area contributed by atoms with Crippen molar-refractivity contribution in [3.05, 3.63) is 54.3 Å². The minimum atomic E-state index is -0.297. The first-order chi connectivity index (χ1) is 12.8. The van der Waals surface area contributed by atoms with E-state index < -0.39 is 0 Å². The molecule has 1 aliphatic carbocycles. The number of aromatic nitrogens is 6. The molecule has 3 aromatic heterocycles. The van der Waals surface area contributed by atoms with E-state index in [1.165, 1.54) is 12.1 Å². The zero-order chi connectivity index (χ0) is 17.3. The molecule has 0 atom stereocenters. The zero-order valence-electron chi connectivity index (χ0n) is 13.6. The number of halogens is 1. The first-order valence-electron chi connectivity index (χ1n) is 8.49. The maximum Gasteiger partial charge on any atom is 0.230 e. The van der Waals surface area contributed by atoms with Gasteiger partial charge in [0.2, 0.25) is 11.7 Å². The average Bonchev–Trinajstić information content (AvgIpc) is 3.06. The Bertz CT molecular complexity index is 1150. The van der Waals surface area contributed by atoms with E-state index >= 15 is 0 Å².